The van der Waals surface area contributed by atoms with Gasteiger partial charge in [0.1, 0.15) is 24.6 Å². The molecule has 15 heteroatoms. The molecule has 8 atom stereocenters. The van der Waals surface area contributed by atoms with Crippen LogP contribution in [-0.2, 0) is 34.8 Å². The van der Waals surface area contributed by atoms with Gasteiger partial charge in [-0.15, -0.1) is 0 Å². The van der Waals surface area contributed by atoms with Crippen molar-refractivity contribution in [2.75, 3.05) is 5.32 Å². The SMILES string of the molecule is CCCC(CC)(OP(=O)(O)C(C)(O)CC)C(C)C1OC(n2cc(COC(C)=O)c(NC(C)=O)nc2=O)C(O)C1O. The summed E-state index contributed by atoms with van der Waals surface area (Å²) in [5, 5.41) is 32.9. The average Bonchev–Trinajstić information content (AvgIpc) is 3.15. The molecule has 1 amide bonds. The molecular formula is C25H42N3O11P. The lowest BCUT2D eigenvalue weighted by Crippen LogP contribution is -2.49. The molecule has 1 fully saturated rings. The van der Waals surface area contributed by atoms with Crippen LogP contribution in [0.3, 0.4) is 0 Å². The monoisotopic (exact) mass is 591 g/mol. The van der Waals surface area contributed by atoms with Crippen LogP contribution in [0.5, 0.6) is 0 Å². The molecule has 1 aliphatic heterocycles. The molecule has 228 valence electrons. The van der Waals surface area contributed by atoms with Crippen molar-refractivity contribution in [2.45, 2.75) is 116 Å². The fraction of sp³-hybridized carbons (Fsp3) is 0.760. The van der Waals surface area contributed by atoms with Gasteiger partial charge in [0.05, 0.1) is 11.7 Å². The van der Waals surface area contributed by atoms with E-state index in [-0.39, 0.29) is 37.3 Å². The minimum absolute atomic E-state index is 0.0511. The van der Waals surface area contributed by atoms with Crippen molar-refractivity contribution in [1.29, 1.82) is 0 Å². The molecule has 8 unspecified atom stereocenters. The number of aliphatic hydroxyl groups is 3. The van der Waals surface area contributed by atoms with E-state index in [1.807, 2.05) is 6.92 Å². The van der Waals surface area contributed by atoms with Crippen molar-refractivity contribution in [2.24, 2.45) is 5.92 Å². The average molecular weight is 592 g/mol. The summed E-state index contributed by atoms with van der Waals surface area (Å²) in [6.45, 7) is 10.0. The van der Waals surface area contributed by atoms with Gasteiger partial charge >= 0.3 is 19.3 Å². The van der Waals surface area contributed by atoms with Gasteiger partial charge in [0.2, 0.25) is 5.91 Å². The van der Waals surface area contributed by atoms with Crippen molar-refractivity contribution >= 4 is 25.3 Å². The third-order valence-corrected chi connectivity index (χ3v) is 9.63. The number of esters is 1. The molecule has 0 radical (unpaired) electrons. The Balaban J connectivity index is 2.51. The van der Waals surface area contributed by atoms with E-state index in [1.54, 1.807) is 20.8 Å². The van der Waals surface area contributed by atoms with E-state index in [0.29, 0.717) is 6.42 Å². The first-order valence-corrected chi connectivity index (χ1v) is 14.8. The molecule has 14 nitrogen and oxygen atoms in total. The van der Waals surface area contributed by atoms with E-state index in [4.69, 9.17) is 14.0 Å². The molecule has 5 N–H and O–H groups in total. The Morgan fingerprint density at radius 2 is 1.85 bits per heavy atom. The molecule has 1 aromatic rings. The summed E-state index contributed by atoms with van der Waals surface area (Å²) in [5.74, 6) is -2.09. The lowest BCUT2D eigenvalue weighted by atomic mass is 9.78. The first-order chi connectivity index (χ1) is 18.5. The predicted octanol–water partition coefficient (Wildman–Crippen LogP) is 1.79. The number of anilines is 1. The predicted molar refractivity (Wildman–Crippen MR) is 143 cm³/mol. The second kappa shape index (κ2) is 13.2. The highest BCUT2D eigenvalue weighted by Gasteiger charge is 2.55. The number of hydrogen-bond donors (Lipinski definition) is 5. The molecule has 40 heavy (non-hydrogen) atoms. The topological polar surface area (TPSA) is 207 Å². The smallest absolute Gasteiger partial charge is 0.359 e. The van der Waals surface area contributed by atoms with Gasteiger partial charge in [-0.25, -0.2) is 4.79 Å². The van der Waals surface area contributed by atoms with E-state index < -0.39 is 66.6 Å². The zero-order valence-electron chi connectivity index (χ0n) is 24.0. The van der Waals surface area contributed by atoms with Crippen LogP contribution in [0.2, 0.25) is 0 Å². The quantitative estimate of drug-likeness (QED) is 0.164. The van der Waals surface area contributed by atoms with Crippen LogP contribution in [0, 0.1) is 5.92 Å². The maximum atomic E-state index is 13.2. The molecule has 1 saturated heterocycles. The Morgan fingerprint density at radius 3 is 2.35 bits per heavy atom. The first kappa shape index (κ1) is 34.0. The van der Waals surface area contributed by atoms with Crippen LogP contribution in [-0.4, -0.2) is 70.9 Å². The van der Waals surface area contributed by atoms with E-state index in [2.05, 4.69) is 10.3 Å². The van der Waals surface area contributed by atoms with Crippen molar-refractivity contribution in [3.05, 3.63) is 22.2 Å². The van der Waals surface area contributed by atoms with Crippen LogP contribution in [0.4, 0.5) is 5.82 Å². The Morgan fingerprint density at radius 1 is 1.23 bits per heavy atom. The maximum absolute atomic E-state index is 13.2. The molecule has 0 saturated carbocycles. The van der Waals surface area contributed by atoms with Gasteiger partial charge in [-0.2, -0.15) is 4.98 Å². The fourth-order valence-corrected chi connectivity index (χ4v) is 6.24. The van der Waals surface area contributed by atoms with E-state index >= 15 is 0 Å². The maximum Gasteiger partial charge on any atom is 0.359 e. The Kier molecular flexibility index (Phi) is 11.2. The standard InChI is InChI=1S/C25H42N3O11P/c1-8-11-25(10-3,39-40(35,36)24(7,34)9-2)14(4)20-18(31)19(32)22(38-20)28-12-17(13-37-16(6)30)21(26-15(5)29)27-23(28)33/h12,14,18-20,22,31-32,34H,8-11,13H2,1-7H3,(H,35,36)(H,26,27,29,33). The summed E-state index contributed by atoms with van der Waals surface area (Å²) in [6.07, 6.45) is -3.64. The molecule has 1 aliphatic rings. The number of nitrogens with zero attached hydrogens (tertiary/aromatic N) is 2. The Hall–Kier alpha value is -2.19. The van der Waals surface area contributed by atoms with Gasteiger partial charge in [0.25, 0.3) is 0 Å². The fourth-order valence-electron chi connectivity index (χ4n) is 4.77. The van der Waals surface area contributed by atoms with Crippen molar-refractivity contribution < 1.29 is 48.4 Å². The first-order valence-electron chi connectivity index (χ1n) is 13.3. The highest BCUT2D eigenvalue weighted by atomic mass is 31.2. The van der Waals surface area contributed by atoms with Gasteiger partial charge in [-0.05, 0) is 26.2 Å². The highest BCUT2D eigenvalue weighted by Crippen LogP contribution is 2.60. The van der Waals surface area contributed by atoms with Gasteiger partial charge < -0.3 is 35.0 Å². The number of rotatable bonds is 13. The van der Waals surface area contributed by atoms with E-state index in [1.165, 1.54) is 27.0 Å². The van der Waals surface area contributed by atoms with Crippen molar-refractivity contribution in [3.8, 4) is 0 Å². The van der Waals surface area contributed by atoms with Crippen molar-refractivity contribution in [1.82, 2.24) is 9.55 Å². The number of aliphatic hydroxyl groups excluding tert-OH is 2. The van der Waals surface area contributed by atoms with Gasteiger partial charge in [0, 0.05) is 31.5 Å². The molecule has 0 aromatic carbocycles. The van der Waals surface area contributed by atoms with E-state index in [0.717, 1.165) is 4.57 Å². The summed E-state index contributed by atoms with van der Waals surface area (Å²) >= 11 is 0. The molecule has 2 rings (SSSR count). The second-order valence-electron chi connectivity index (χ2n) is 10.4. The van der Waals surface area contributed by atoms with Gasteiger partial charge in [-0.1, -0.05) is 34.1 Å². The molecule has 0 aliphatic carbocycles. The minimum atomic E-state index is -4.60. The number of aromatic nitrogens is 2. The molecule has 2 heterocycles. The minimum Gasteiger partial charge on any atom is -0.461 e. The number of carbonyl (C=O) groups excluding carboxylic acids is 2. The highest BCUT2D eigenvalue weighted by molar-refractivity contribution is 7.54. The van der Waals surface area contributed by atoms with Crippen LogP contribution >= 0.6 is 7.60 Å². The third-order valence-electron chi connectivity index (χ3n) is 7.48. The molecule has 0 spiro atoms. The third kappa shape index (κ3) is 7.17. The van der Waals surface area contributed by atoms with E-state index in [9.17, 15) is 39.2 Å². The molecule has 0 bridgehead atoms. The number of hydrogen-bond acceptors (Lipinski definition) is 11. The van der Waals surface area contributed by atoms with Gasteiger partial charge in [0.15, 0.2) is 11.6 Å². The van der Waals surface area contributed by atoms with Crippen LogP contribution < -0.4 is 11.0 Å². The summed E-state index contributed by atoms with van der Waals surface area (Å²) < 4.78 is 30.9. The summed E-state index contributed by atoms with van der Waals surface area (Å²) in [4.78, 5) is 50.4. The van der Waals surface area contributed by atoms with Crippen LogP contribution in [0.25, 0.3) is 0 Å². The lowest BCUT2D eigenvalue weighted by molar-refractivity contribution is -0.142. The zero-order valence-corrected chi connectivity index (χ0v) is 24.9. The Labute approximate surface area is 233 Å². The largest absolute Gasteiger partial charge is 0.461 e. The number of carbonyl (C=O) groups is 2. The lowest BCUT2D eigenvalue weighted by Gasteiger charge is -2.44. The summed E-state index contributed by atoms with van der Waals surface area (Å²) in [7, 11) is -4.60. The molecule has 1 aromatic heterocycles. The number of nitrogens with one attached hydrogen (secondary N) is 1. The zero-order chi connectivity index (χ0) is 30.6. The van der Waals surface area contributed by atoms with Crippen molar-refractivity contribution in [3.63, 3.8) is 0 Å². The summed E-state index contributed by atoms with van der Waals surface area (Å²) in [6, 6.07) is 0. The van der Waals surface area contributed by atoms with Crippen LogP contribution in [0.15, 0.2) is 11.0 Å². The van der Waals surface area contributed by atoms with Crippen LogP contribution in [0.1, 0.15) is 85.9 Å². The number of ether oxygens (including phenoxy) is 2. The Bertz CT molecular complexity index is 1170. The summed E-state index contributed by atoms with van der Waals surface area (Å²) in [5.41, 5.74) is -2.14. The second-order valence-corrected chi connectivity index (χ2v) is 12.6. The normalized spacial score (nSPS) is 26.3. The van der Waals surface area contributed by atoms with Gasteiger partial charge in [-0.3, -0.25) is 23.2 Å². The molecular weight excluding hydrogens is 549 g/mol. The number of amides is 1.